The molecule has 1 fully saturated rings. The summed E-state index contributed by atoms with van der Waals surface area (Å²) in [7, 11) is 0. The number of carbonyl (C=O) groups is 1. The first-order valence-electron chi connectivity index (χ1n) is 7.82. The molecule has 1 heterocycles. The van der Waals surface area contributed by atoms with E-state index in [2.05, 4.69) is 5.32 Å². The van der Waals surface area contributed by atoms with Gasteiger partial charge in [0.25, 0.3) is 11.6 Å². The fourth-order valence-corrected chi connectivity index (χ4v) is 3.69. The summed E-state index contributed by atoms with van der Waals surface area (Å²) in [5.74, 6) is -0.307. The van der Waals surface area contributed by atoms with Gasteiger partial charge < -0.3 is 5.32 Å². The van der Waals surface area contributed by atoms with Crippen molar-refractivity contribution in [2.24, 2.45) is 0 Å². The van der Waals surface area contributed by atoms with Gasteiger partial charge in [-0.2, -0.15) is 13.2 Å². The molecule has 1 aliphatic heterocycles. The number of benzene rings is 2. The van der Waals surface area contributed by atoms with Crippen LogP contribution in [0.15, 0.2) is 47.4 Å². The Labute approximate surface area is 166 Å². The van der Waals surface area contributed by atoms with Crippen LogP contribution < -0.4 is 5.32 Å². The summed E-state index contributed by atoms with van der Waals surface area (Å²) in [6.45, 7) is 0. The number of thiocarbonyl (C=S) groups is 1. The van der Waals surface area contributed by atoms with Gasteiger partial charge in [-0.05, 0) is 23.3 Å². The minimum Gasteiger partial charge on any atom is -0.307 e. The van der Waals surface area contributed by atoms with Gasteiger partial charge in [-0.25, -0.2) is 0 Å². The highest BCUT2D eigenvalue weighted by Crippen LogP contribution is 2.34. The Kier molecular flexibility index (Phi) is 5.52. The Bertz CT molecular complexity index is 1020. The SMILES string of the molecule is O=C1NC(=S)SC1=Cc1cccc(Cc2ccc(C(F)(F)F)cc2[N+](=O)[O-])c1. The zero-order chi connectivity index (χ0) is 20.5. The molecule has 5 nitrogen and oxygen atoms in total. The summed E-state index contributed by atoms with van der Waals surface area (Å²) >= 11 is 6.05. The fourth-order valence-electron chi connectivity index (χ4n) is 2.64. The van der Waals surface area contributed by atoms with Gasteiger partial charge in [0.15, 0.2) is 0 Å². The summed E-state index contributed by atoms with van der Waals surface area (Å²) in [6, 6.07) is 9.35. The van der Waals surface area contributed by atoms with Crippen LogP contribution in [0.4, 0.5) is 18.9 Å². The number of nitrogens with zero attached hydrogens (tertiary/aromatic N) is 1. The Morgan fingerprint density at radius 2 is 1.96 bits per heavy atom. The normalized spacial score (nSPS) is 15.8. The lowest BCUT2D eigenvalue weighted by Gasteiger charge is -2.09. The summed E-state index contributed by atoms with van der Waals surface area (Å²) in [5, 5.41) is 13.7. The molecule has 0 aliphatic carbocycles. The van der Waals surface area contributed by atoms with Gasteiger partial charge in [0.1, 0.15) is 4.32 Å². The first-order chi connectivity index (χ1) is 13.1. The number of rotatable bonds is 4. The first-order valence-corrected chi connectivity index (χ1v) is 9.04. The van der Waals surface area contributed by atoms with Crippen LogP contribution in [0.3, 0.4) is 0 Å². The predicted octanol–water partition coefficient (Wildman–Crippen LogP) is 4.69. The maximum atomic E-state index is 12.8. The molecule has 1 aliphatic rings. The van der Waals surface area contributed by atoms with Crippen molar-refractivity contribution < 1.29 is 22.9 Å². The predicted molar refractivity (Wildman–Crippen MR) is 104 cm³/mol. The van der Waals surface area contributed by atoms with Crippen LogP contribution in [0.1, 0.15) is 22.3 Å². The molecule has 0 aromatic heterocycles. The zero-order valence-electron chi connectivity index (χ0n) is 13.9. The van der Waals surface area contributed by atoms with Crippen LogP contribution in [0.5, 0.6) is 0 Å². The van der Waals surface area contributed by atoms with Crippen molar-refractivity contribution in [3.63, 3.8) is 0 Å². The van der Waals surface area contributed by atoms with Crippen molar-refractivity contribution in [2.45, 2.75) is 12.6 Å². The molecular weight excluding hydrogens is 413 g/mol. The van der Waals surface area contributed by atoms with Crippen LogP contribution in [-0.4, -0.2) is 15.2 Å². The van der Waals surface area contributed by atoms with Crippen LogP contribution in [-0.2, 0) is 17.4 Å². The number of amides is 1. The number of thioether (sulfide) groups is 1. The van der Waals surface area contributed by atoms with Gasteiger partial charge in [0.05, 0.1) is 15.4 Å². The lowest BCUT2D eigenvalue weighted by Crippen LogP contribution is -2.17. The largest absolute Gasteiger partial charge is 0.416 e. The molecule has 0 bridgehead atoms. The van der Waals surface area contributed by atoms with E-state index in [4.69, 9.17) is 12.2 Å². The van der Waals surface area contributed by atoms with Crippen LogP contribution in [0, 0.1) is 10.1 Å². The van der Waals surface area contributed by atoms with Gasteiger partial charge in [0.2, 0.25) is 0 Å². The monoisotopic (exact) mass is 424 g/mol. The lowest BCUT2D eigenvalue weighted by atomic mass is 9.99. The zero-order valence-corrected chi connectivity index (χ0v) is 15.6. The van der Waals surface area contributed by atoms with E-state index in [0.29, 0.717) is 26.4 Å². The van der Waals surface area contributed by atoms with E-state index in [1.54, 1.807) is 30.3 Å². The van der Waals surface area contributed by atoms with Gasteiger partial charge in [0, 0.05) is 18.1 Å². The first kappa shape index (κ1) is 20.0. The fraction of sp³-hybridized carbons (Fsp3) is 0.111. The molecule has 2 aromatic rings. The lowest BCUT2D eigenvalue weighted by molar-refractivity contribution is -0.385. The number of alkyl halides is 3. The van der Waals surface area contributed by atoms with Crippen LogP contribution >= 0.6 is 24.0 Å². The van der Waals surface area contributed by atoms with E-state index >= 15 is 0 Å². The second-order valence-corrected chi connectivity index (χ2v) is 7.59. The minimum absolute atomic E-state index is 0.0726. The molecule has 0 saturated carbocycles. The molecule has 10 heteroatoms. The number of nitrogens with one attached hydrogen (secondary N) is 1. The van der Waals surface area contributed by atoms with Gasteiger partial charge >= 0.3 is 6.18 Å². The van der Waals surface area contributed by atoms with E-state index in [9.17, 15) is 28.1 Å². The Morgan fingerprint density at radius 1 is 1.21 bits per heavy atom. The smallest absolute Gasteiger partial charge is 0.307 e. The van der Waals surface area contributed by atoms with Crippen LogP contribution in [0.2, 0.25) is 0 Å². The third-order valence-electron chi connectivity index (χ3n) is 3.89. The van der Waals surface area contributed by atoms with Crippen molar-refractivity contribution in [2.75, 3.05) is 0 Å². The highest BCUT2D eigenvalue weighted by molar-refractivity contribution is 8.26. The highest BCUT2D eigenvalue weighted by Gasteiger charge is 2.33. The Morgan fingerprint density at radius 3 is 2.57 bits per heavy atom. The molecule has 0 spiro atoms. The van der Waals surface area contributed by atoms with E-state index in [0.717, 1.165) is 23.9 Å². The molecule has 0 atom stereocenters. The molecule has 144 valence electrons. The number of hydrogen-bond acceptors (Lipinski definition) is 5. The van der Waals surface area contributed by atoms with Crippen molar-refractivity contribution in [3.8, 4) is 0 Å². The molecule has 0 unspecified atom stereocenters. The summed E-state index contributed by atoms with van der Waals surface area (Å²) < 4.78 is 38.8. The standard InChI is InChI=1S/C18H11F3N2O3S2/c19-18(20,21)13-5-4-12(14(9-13)23(25)26)7-10-2-1-3-11(6-10)8-15-16(24)22-17(27)28-15/h1-6,8-9H,7H2,(H,22,24,27). The van der Waals surface area contributed by atoms with Crippen LogP contribution in [0.25, 0.3) is 6.08 Å². The Balaban J connectivity index is 1.90. The molecule has 1 N–H and O–H groups in total. The molecule has 3 rings (SSSR count). The van der Waals surface area contributed by atoms with Crippen molar-refractivity contribution in [1.82, 2.24) is 5.32 Å². The topological polar surface area (TPSA) is 72.2 Å². The van der Waals surface area contributed by atoms with E-state index in [1.807, 2.05) is 0 Å². The number of halogens is 3. The maximum absolute atomic E-state index is 12.8. The van der Waals surface area contributed by atoms with Crippen molar-refractivity contribution in [1.29, 1.82) is 0 Å². The van der Waals surface area contributed by atoms with Gasteiger partial charge in [-0.3, -0.25) is 14.9 Å². The molecular formula is C18H11F3N2O3S2. The van der Waals surface area contributed by atoms with E-state index in [1.165, 1.54) is 0 Å². The second kappa shape index (κ2) is 7.72. The maximum Gasteiger partial charge on any atom is 0.416 e. The molecule has 28 heavy (non-hydrogen) atoms. The van der Waals surface area contributed by atoms with E-state index in [-0.39, 0.29) is 17.9 Å². The summed E-state index contributed by atoms with van der Waals surface area (Å²) in [5.41, 5.74) is -0.161. The number of hydrogen-bond donors (Lipinski definition) is 1. The minimum atomic E-state index is -4.66. The molecule has 2 aromatic carbocycles. The number of nitro benzene ring substituents is 1. The molecule has 1 amide bonds. The number of carbonyl (C=O) groups excluding carboxylic acids is 1. The van der Waals surface area contributed by atoms with E-state index < -0.39 is 22.4 Å². The van der Waals surface area contributed by atoms with Crippen molar-refractivity contribution >= 4 is 46.0 Å². The van der Waals surface area contributed by atoms with Gasteiger partial charge in [-0.15, -0.1) is 0 Å². The summed E-state index contributed by atoms with van der Waals surface area (Å²) in [4.78, 5) is 22.6. The third-order valence-corrected chi connectivity index (χ3v) is 5.06. The highest BCUT2D eigenvalue weighted by atomic mass is 32.2. The summed E-state index contributed by atoms with van der Waals surface area (Å²) in [6.07, 6.45) is -2.96. The molecule has 0 radical (unpaired) electrons. The third kappa shape index (κ3) is 4.57. The van der Waals surface area contributed by atoms with Gasteiger partial charge in [-0.1, -0.05) is 54.3 Å². The second-order valence-electron chi connectivity index (χ2n) is 5.87. The molecule has 1 saturated heterocycles. The number of nitro groups is 1. The quantitative estimate of drug-likeness (QED) is 0.334. The Hall–Kier alpha value is -2.72. The average molecular weight is 424 g/mol. The average Bonchev–Trinajstić information content (AvgIpc) is 2.91. The van der Waals surface area contributed by atoms with Crippen molar-refractivity contribution in [3.05, 3.63) is 79.7 Å².